The van der Waals surface area contributed by atoms with Crippen molar-refractivity contribution in [2.45, 2.75) is 19.8 Å². The predicted octanol–water partition coefficient (Wildman–Crippen LogP) is 5.02. The standard InChI is InChI=1S/C18H16Br2O5/c1-10(2)13-8-12(19)4-6-15(13)24-9-17(21)25-16-5-3-11(18(22)23)7-14(16)20/h3-8,10H,9H2,1-2H3,(H,22,23). The van der Waals surface area contributed by atoms with Crippen LogP contribution < -0.4 is 9.47 Å². The summed E-state index contributed by atoms with van der Waals surface area (Å²) in [7, 11) is 0. The fourth-order valence-corrected chi connectivity index (χ4v) is 2.95. The number of halogens is 2. The van der Waals surface area contributed by atoms with Crippen molar-refractivity contribution in [2.24, 2.45) is 0 Å². The Bertz CT molecular complexity index is 802. The fraction of sp³-hybridized carbons (Fsp3) is 0.222. The Labute approximate surface area is 162 Å². The van der Waals surface area contributed by atoms with E-state index < -0.39 is 11.9 Å². The lowest BCUT2D eigenvalue weighted by Crippen LogP contribution is -2.18. The van der Waals surface area contributed by atoms with Crippen molar-refractivity contribution in [3.8, 4) is 11.5 Å². The molecule has 0 aliphatic rings. The zero-order valence-corrected chi connectivity index (χ0v) is 16.8. The van der Waals surface area contributed by atoms with Crippen molar-refractivity contribution in [3.63, 3.8) is 0 Å². The van der Waals surface area contributed by atoms with Gasteiger partial charge < -0.3 is 14.6 Å². The molecule has 0 radical (unpaired) electrons. The second kappa shape index (κ2) is 8.49. The molecule has 0 aliphatic heterocycles. The summed E-state index contributed by atoms with van der Waals surface area (Å²) in [6.07, 6.45) is 0. The molecule has 0 amide bonds. The van der Waals surface area contributed by atoms with E-state index in [2.05, 4.69) is 31.9 Å². The number of carboxylic acid groups (broad SMARTS) is 1. The normalized spacial score (nSPS) is 10.6. The van der Waals surface area contributed by atoms with Crippen molar-refractivity contribution >= 4 is 43.8 Å². The summed E-state index contributed by atoms with van der Waals surface area (Å²) in [5.74, 6) is -0.546. The second-order valence-electron chi connectivity index (χ2n) is 5.55. The van der Waals surface area contributed by atoms with E-state index in [4.69, 9.17) is 14.6 Å². The molecule has 2 rings (SSSR count). The Morgan fingerprint density at radius 2 is 1.76 bits per heavy atom. The number of hydrogen-bond acceptors (Lipinski definition) is 4. The number of carboxylic acids is 1. The van der Waals surface area contributed by atoms with Crippen molar-refractivity contribution < 1.29 is 24.2 Å². The Morgan fingerprint density at radius 1 is 1.08 bits per heavy atom. The first kappa shape index (κ1) is 19.5. The summed E-state index contributed by atoms with van der Waals surface area (Å²) in [5.41, 5.74) is 1.08. The number of carbonyl (C=O) groups excluding carboxylic acids is 1. The number of ether oxygens (including phenoxy) is 2. The Hall–Kier alpha value is -1.86. The Balaban J connectivity index is 2.03. The van der Waals surface area contributed by atoms with Gasteiger partial charge in [-0.3, -0.25) is 0 Å². The van der Waals surface area contributed by atoms with Gasteiger partial charge in [-0.2, -0.15) is 0 Å². The molecule has 0 spiro atoms. The van der Waals surface area contributed by atoms with Gasteiger partial charge >= 0.3 is 11.9 Å². The first-order valence-corrected chi connectivity index (χ1v) is 9.02. The van der Waals surface area contributed by atoms with Gasteiger partial charge in [0.25, 0.3) is 0 Å². The average Bonchev–Trinajstić information content (AvgIpc) is 2.55. The quantitative estimate of drug-likeness (QED) is 0.473. The minimum Gasteiger partial charge on any atom is -0.482 e. The van der Waals surface area contributed by atoms with Crippen LogP contribution in [0.25, 0.3) is 0 Å². The van der Waals surface area contributed by atoms with Crippen molar-refractivity contribution in [3.05, 3.63) is 56.5 Å². The molecule has 1 N–H and O–H groups in total. The highest BCUT2D eigenvalue weighted by atomic mass is 79.9. The third-order valence-electron chi connectivity index (χ3n) is 3.34. The lowest BCUT2D eigenvalue weighted by Gasteiger charge is -2.14. The second-order valence-corrected chi connectivity index (χ2v) is 7.32. The van der Waals surface area contributed by atoms with Gasteiger partial charge in [0.1, 0.15) is 11.5 Å². The van der Waals surface area contributed by atoms with Gasteiger partial charge in [0, 0.05) is 4.47 Å². The lowest BCUT2D eigenvalue weighted by atomic mass is 10.0. The highest BCUT2D eigenvalue weighted by Crippen LogP contribution is 2.30. The predicted molar refractivity (Wildman–Crippen MR) is 100 cm³/mol. The highest BCUT2D eigenvalue weighted by molar-refractivity contribution is 9.10. The van der Waals surface area contributed by atoms with Crippen LogP contribution in [0.4, 0.5) is 0 Å². The van der Waals surface area contributed by atoms with Crippen LogP contribution in [0.15, 0.2) is 45.3 Å². The molecule has 0 bridgehead atoms. The van der Waals surface area contributed by atoms with Crippen molar-refractivity contribution in [2.75, 3.05) is 6.61 Å². The SMILES string of the molecule is CC(C)c1cc(Br)ccc1OCC(=O)Oc1ccc(C(=O)O)cc1Br. The van der Waals surface area contributed by atoms with Crippen LogP contribution in [-0.4, -0.2) is 23.7 Å². The number of esters is 1. The molecule has 0 heterocycles. The van der Waals surface area contributed by atoms with Gasteiger partial charge in [0.15, 0.2) is 6.61 Å². The monoisotopic (exact) mass is 470 g/mol. The van der Waals surface area contributed by atoms with E-state index in [0.29, 0.717) is 10.2 Å². The lowest BCUT2D eigenvalue weighted by molar-refractivity contribution is -0.136. The Morgan fingerprint density at radius 3 is 2.36 bits per heavy atom. The third-order valence-corrected chi connectivity index (χ3v) is 4.45. The molecule has 25 heavy (non-hydrogen) atoms. The average molecular weight is 472 g/mol. The molecule has 0 saturated heterocycles. The zero-order valence-electron chi connectivity index (χ0n) is 13.6. The molecule has 0 saturated carbocycles. The zero-order chi connectivity index (χ0) is 18.6. The molecule has 0 aliphatic carbocycles. The van der Waals surface area contributed by atoms with Gasteiger partial charge in [0.2, 0.25) is 0 Å². The summed E-state index contributed by atoms with van der Waals surface area (Å²) in [5, 5.41) is 8.93. The van der Waals surface area contributed by atoms with E-state index in [1.165, 1.54) is 18.2 Å². The summed E-state index contributed by atoms with van der Waals surface area (Å²) in [6.45, 7) is 3.82. The first-order valence-electron chi connectivity index (χ1n) is 7.43. The van der Waals surface area contributed by atoms with E-state index >= 15 is 0 Å². The van der Waals surface area contributed by atoms with E-state index in [-0.39, 0.29) is 23.8 Å². The van der Waals surface area contributed by atoms with Crippen LogP contribution in [0.3, 0.4) is 0 Å². The van der Waals surface area contributed by atoms with Crippen molar-refractivity contribution in [1.29, 1.82) is 0 Å². The van der Waals surface area contributed by atoms with Gasteiger partial charge in [-0.15, -0.1) is 0 Å². The van der Waals surface area contributed by atoms with E-state index in [9.17, 15) is 9.59 Å². The maximum absolute atomic E-state index is 12.0. The molecule has 0 unspecified atom stereocenters. The largest absolute Gasteiger partial charge is 0.482 e. The molecule has 132 valence electrons. The fourth-order valence-electron chi connectivity index (χ4n) is 2.11. The van der Waals surface area contributed by atoms with Crippen LogP contribution in [0.5, 0.6) is 11.5 Å². The van der Waals surface area contributed by atoms with Crippen molar-refractivity contribution in [1.82, 2.24) is 0 Å². The van der Waals surface area contributed by atoms with Gasteiger partial charge in [-0.05, 0) is 63.8 Å². The smallest absolute Gasteiger partial charge is 0.349 e. The minimum absolute atomic E-state index is 0.0966. The van der Waals surface area contributed by atoms with Crippen LogP contribution in [0.2, 0.25) is 0 Å². The first-order chi connectivity index (χ1) is 11.8. The van der Waals surface area contributed by atoms with E-state index in [0.717, 1.165) is 10.0 Å². The molecule has 0 fully saturated rings. The number of benzene rings is 2. The summed E-state index contributed by atoms with van der Waals surface area (Å²) in [6, 6.07) is 9.74. The topological polar surface area (TPSA) is 72.8 Å². The van der Waals surface area contributed by atoms with Gasteiger partial charge in [0.05, 0.1) is 10.0 Å². The van der Waals surface area contributed by atoms with Crippen LogP contribution in [0, 0.1) is 0 Å². The number of aromatic carboxylic acids is 1. The number of carbonyl (C=O) groups is 2. The highest BCUT2D eigenvalue weighted by Gasteiger charge is 2.14. The van der Waals surface area contributed by atoms with Gasteiger partial charge in [-0.1, -0.05) is 29.8 Å². The molecular formula is C18H16Br2O5. The summed E-state index contributed by atoms with van der Waals surface area (Å²) in [4.78, 5) is 22.9. The third kappa shape index (κ3) is 5.31. The Kier molecular flexibility index (Phi) is 6.61. The van der Waals surface area contributed by atoms with E-state index in [1.807, 2.05) is 26.0 Å². The molecule has 5 nitrogen and oxygen atoms in total. The van der Waals surface area contributed by atoms with Crippen LogP contribution >= 0.6 is 31.9 Å². The summed E-state index contributed by atoms with van der Waals surface area (Å²) < 4.78 is 12.1. The van der Waals surface area contributed by atoms with Crippen LogP contribution in [-0.2, 0) is 4.79 Å². The molecule has 2 aromatic rings. The maximum atomic E-state index is 12.0. The molecular weight excluding hydrogens is 456 g/mol. The molecule has 7 heteroatoms. The molecule has 2 aromatic carbocycles. The van der Waals surface area contributed by atoms with Gasteiger partial charge in [-0.25, -0.2) is 9.59 Å². The maximum Gasteiger partial charge on any atom is 0.349 e. The molecule has 0 aromatic heterocycles. The minimum atomic E-state index is -1.06. The van der Waals surface area contributed by atoms with Crippen LogP contribution in [0.1, 0.15) is 35.7 Å². The van der Waals surface area contributed by atoms with E-state index in [1.54, 1.807) is 6.07 Å². The number of rotatable bonds is 6. The summed E-state index contributed by atoms with van der Waals surface area (Å²) >= 11 is 6.61. The number of hydrogen-bond donors (Lipinski definition) is 1. The molecule has 0 atom stereocenters.